The quantitative estimate of drug-likeness (QED) is 0.876. The first-order valence-corrected chi connectivity index (χ1v) is 7.83. The number of rotatable bonds is 3. The molecule has 0 aliphatic carbocycles. The Morgan fingerprint density at radius 3 is 2.80 bits per heavy atom. The van der Waals surface area contributed by atoms with Gasteiger partial charge in [0, 0.05) is 18.9 Å². The molecular formula is C13H15N3O3S. The number of hydrogen-bond donors (Lipinski definition) is 1. The summed E-state index contributed by atoms with van der Waals surface area (Å²) in [6.45, 7) is 2.14. The topological polar surface area (TPSA) is 104 Å². The van der Waals surface area contributed by atoms with Crippen molar-refractivity contribution in [1.82, 2.24) is 0 Å². The van der Waals surface area contributed by atoms with Gasteiger partial charge in [-0.2, -0.15) is 5.26 Å². The molecule has 106 valence electrons. The molecule has 1 saturated heterocycles. The number of hydrogen-bond acceptors (Lipinski definition) is 4. The molecule has 6 nitrogen and oxygen atoms in total. The van der Waals surface area contributed by atoms with Gasteiger partial charge in [0.15, 0.2) is 0 Å². The molecule has 1 aliphatic heterocycles. The maximum absolute atomic E-state index is 12.0. The number of carbonyl (C=O) groups excluding carboxylic acids is 1. The zero-order valence-electron chi connectivity index (χ0n) is 11.0. The highest BCUT2D eigenvalue weighted by Crippen LogP contribution is 2.29. The summed E-state index contributed by atoms with van der Waals surface area (Å²) in [6.07, 6.45) is 0.134. The van der Waals surface area contributed by atoms with Crippen molar-refractivity contribution in [1.29, 1.82) is 5.26 Å². The van der Waals surface area contributed by atoms with Gasteiger partial charge in [0.1, 0.15) is 6.07 Å². The van der Waals surface area contributed by atoms with E-state index in [-0.39, 0.29) is 30.5 Å². The van der Waals surface area contributed by atoms with Gasteiger partial charge >= 0.3 is 0 Å². The van der Waals surface area contributed by atoms with Gasteiger partial charge in [-0.05, 0) is 24.6 Å². The van der Waals surface area contributed by atoms with Crippen molar-refractivity contribution in [2.45, 2.75) is 13.3 Å². The Morgan fingerprint density at radius 1 is 1.50 bits per heavy atom. The fourth-order valence-electron chi connectivity index (χ4n) is 2.41. The maximum Gasteiger partial charge on any atom is 0.227 e. The number of nitrogens with two attached hydrogens (primary N) is 1. The van der Waals surface area contributed by atoms with E-state index in [4.69, 9.17) is 10.4 Å². The van der Waals surface area contributed by atoms with Crippen molar-refractivity contribution in [2.75, 3.05) is 17.2 Å². The molecule has 1 atom stereocenters. The van der Waals surface area contributed by atoms with Crippen LogP contribution in [0.2, 0.25) is 0 Å². The van der Waals surface area contributed by atoms with Crippen LogP contribution < -0.4 is 10.0 Å². The lowest BCUT2D eigenvalue weighted by Gasteiger charge is -2.18. The lowest BCUT2D eigenvalue weighted by atomic mass is 10.1. The zero-order valence-corrected chi connectivity index (χ0v) is 11.9. The molecule has 2 rings (SSSR count). The van der Waals surface area contributed by atoms with Gasteiger partial charge in [0.25, 0.3) is 0 Å². The average molecular weight is 293 g/mol. The third-order valence-electron chi connectivity index (χ3n) is 3.24. The van der Waals surface area contributed by atoms with Crippen LogP contribution in [0.4, 0.5) is 5.69 Å². The molecule has 1 aliphatic rings. The van der Waals surface area contributed by atoms with Gasteiger partial charge in [-0.15, -0.1) is 0 Å². The van der Waals surface area contributed by atoms with Gasteiger partial charge in [-0.25, -0.2) is 13.6 Å². The number of anilines is 1. The molecule has 1 fully saturated rings. The van der Waals surface area contributed by atoms with Crippen molar-refractivity contribution in [3.05, 3.63) is 29.3 Å². The number of nitrogens with zero attached hydrogens (tertiary/aromatic N) is 2. The first-order valence-electron chi connectivity index (χ1n) is 6.12. The van der Waals surface area contributed by atoms with E-state index >= 15 is 0 Å². The third kappa shape index (κ3) is 3.15. The molecule has 1 unspecified atom stereocenters. The standard InChI is InChI=1S/C13H15N3O3S/c1-9-2-3-11(6-14)12(4-9)16-7-10(5-13(16)17)8-20(15,18)19/h2-4,10H,5,7-8H2,1H3,(H2,15,18,19). The molecule has 1 aromatic carbocycles. The lowest BCUT2D eigenvalue weighted by Crippen LogP contribution is -2.28. The Bertz CT molecular complexity index is 691. The summed E-state index contributed by atoms with van der Waals surface area (Å²) in [5.41, 5.74) is 1.87. The van der Waals surface area contributed by atoms with Crippen molar-refractivity contribution >= 4 is 21.6 Å². The zero-order chi connectivity index (χ0) is 14.9. The second-order valence-electron chi connectivity index (χ2n) is 5.04. The Balaban J connectivity index is 2.29. The molecule has 1 heterocycles. The van der Waals surface area contributed by atoms with Gasteiger partial charge in [0.2, 0.25) is 15.9 Å². The predicted octanol–water partition coefficient (Wildman–Crippen LogP) is 0.508. The van der Waals surface area contributed by atoms with Crippen LogP contribution >= 0.6 is 0 Å². The van der Waals surface area contributed by atoms with E-state index in [1.54, 1.807) is 18.2 Å². The van der Waals surface area contributed by atoms with E-state index in [1.165, 1.54) is 4.90 Å². The monoisotopic (exact) mass is 293 g/mol. The molecule has 0 aromatic heterocycles. The lowest BCUT2D eigenvalue weighted by molar-refractivity contribution is -0.117. The van der Waals surface area contributed by atoms with E-state index in [2.05, 4.69) is 0 Å². The third-order valence-corrected chi connectivity index (χ3v) is 4.17. The summed E-state index contributed by atoms with van der Waals surface area (Å²) >= 11 is 0. The average Bonchev–Trinajstić information content (AvgIpc) is 2.67. The molecule has 0 spiro atoms. The molecule has 0 saturated carbocycles. The van der Waals surface area contributed by atoms with Gasteiger partial charge in [0.05, 0.1) is 17.0 Å². The van der Waals surface area contributed by atoms with E-state index < -0.39 is 10.0 Å². The molecule has 20 heavy (non-hydrogen) atoms. The highest BCUT2D eigenvalue weighted by Gasteiger charge is 2.33. The summed E-state index contributed by atoms with van der Waals surface area (Å²) in [5.74, 6) is -0.728. The molecular weight excluding hydrogens is 278 g/mol. The fraction of sp³-hybridized carbons (Fsp3) is 0.385. The number of benzene rings is 1. The Morgan fingerprint density at radius 2 is 2.20 bits per heavy atom. The van der Waals surface area contributed by atoms with E-state index in [9.17, 15) is 13.2 Å². The SMILES string of the molecule is Cc1ccc(C#N)c(N2CC(CS(N)(=O)=O)CC2=O)c1. The smallest absolute Gasteiger partial charge is 0.227 e. The number of sulfonamides is 1. The van der Waals surface area contributed by atoms with Crippen LogP contribution in [0.5, 0.6) is 0 Å². The van der Waals surface area contributed by atoms with E-state index in [1.807, 2.05) is 13.0 Å². The van der Waals surface area contributed by atoms with Crippen LogP contribution in [0.25, 0.3) is 0 Å². The minimum Gasteiger partial charge on any atom is -0.311 e. The largest absolute Gasteiger partial charge is 0.311 e. The summed E-state index contributed by atoms with van der Waals surface area (Å²) in [6, 6.07) is 7.26. The first kappa shape index (κ1) is 14.5. The van der Waals surface area contributed by atoms with Gasteiger partial charge in [-0.1, -0.05) is 6.07 Å². The molecule has 7 heteroatoms. The Hall–Kier alpha value is -1.91. The number of primary sulfonamides is 1. The fourth-order valence-corrected chi connectivity index (χ4v) is 3.29. The molecule has 0 radical (unpaired) electrons. The van der Waals surface area contributed by atoms with Crippen LogP contribution in [0.1, 0.15) is 17.5 Å². The predicted molar refractivity (Wildman–Crippen MR) is 74.3 cm³/mol. The molecule has 1 aromatic rings. The Kier molecular flexibility index (Phi) is 3.79. The highest BCUT2D eigenvalue weighted by atomic mass is 32.2. The maximum atomic E-state index is 12.0. The normalized spacial score (nSPS) is 19.1. The van der Waals surface area contributed by atoms with Crippen LogP contribution in [-0.2, 0) is 14.8 Å². The minimum absolute atomic E-state index is 0.134. The van der Waals surface area contributed by atoms with Crippen LogP contribution in [0.15, 0.2) is 18.2 Å². The second kappa shape index (κ2) is 5.23. The summed E-state index contributed by atoms with van der Waals surface area (Å²) in [7, 11) is -3.60. The summed E-state index contributed by atoms with van der Waals surface area (Å²) in [4.78, 5) is 13.5. The number of nitriles is 1. The molecule has 2 N–H and O–H groups in total. The van der Waals surface area contributed by atoms with Crippen molar-refractivity contribution in [3.8, 4) is 6.07 Å². The van der Waals surface area contributed by atoms with Crippen LogP contribution in [0.3, 0.4) is 0 Å². The molecule has 1 amide bonds. The second-order valence-corrected chi connectivity index (χ2v) is 6.70. The summed E-state index contributed by atoms with van der Waals surface area (Å²) in [5, 5.41) is 14.1. The van der Waals surface area contributed by atoms with Crippen molar-refractivity contribution in [2.24, 2.45) is 11.1 Å². The minimum atomic E-state index is -3.60. The molecule has 0 bridgehead atoms. The van der Waals surface area contributed by atoms with Crippen LogP contribution in [0, 0.1) is 24.2 Å². The van der Waals surface area contributed by atoms with Gasteiger partial charge < -0.3 is 4.90 Å². The van der Waals surface area contributed by atoms with E-state index in [0.717, 1.165) is 5.56 Å². The van der Waals surface area contributed by atoms with Gasteiger partial charge in [-0.3, -0.25) is 4.79 Å². The number of amides is 1. The van der Waals surface area contributed by atoms with Crippen LogP contribution in [-0.4, -0.2) is 26.6 Å². The Labute approximate surface area is 117 Å². The van der Waals surface area contributed by atoms with Crippen molar-refractivity contribution < 1.29 is 13.2 Å². The highest BCUT2D eigenvalue weighted by molar-refractivity contribution is 7.89. The first-order chi connectivity index (χ1) is 9.30. The van der Waals surface area contributed by atoms with E-state index in [0.29, 0.717) is 11.3 Å². The van der Waals surface area contributed by atoms with Crippen molar-refractivity contribution in [3.63, 3.8) is 0 Å². The number of carbonyl (C=O) groups is 1. The number of aryl methyl sites for hydroxylation is 1. The summed E-state index contributed by atoms with van der Waals surface area (Å²) < 4.78 is 22.2.